The van der Waals surface area contributed by atoms with Crippen LogP contribution in [0, 0.1) is 11.3 Å². The van der Waals surface area contributed by atoms with Gasteiger partial charge in [0, 0.05) is 19.0 Å². The third-order valence-corrected chi connectivity index (χ3v) is 3.66. The second-order valence-electron chi connectivity index (χ2n) is 5.62. The highest BCUT2D eigenvalue weighted by molar-refractivity contribution is 5.82. The van der Waals surface area contributed by atoms with Crippen molar-refractivity contribution in [3.8, 4) is 0 Å². The van der Waals surface area contributed by atoms with Gasteiger partial charge in [-0.25, -0.2) is 0 Å². The molecular weight excluding hydrogens is 222 g/mol. The third-order valence-electron chi connectivity index (χ3n) is 3.66. The van der Waals surface area contributed by atoms with Gasteiger partial charge >= 0.3 is 5.97 Å². The Kier molecular flexibility index (Phi) is 3.12. The fraction of sp³-hybridized carbons (Fsp3) is 0.833. The summed E-state index contributed by atoms with van der Waals surface area (Å²) in [5, 5.41) is 8.71. The number of ether oxygens (including phenoxy) is 1. The van der Waals surface area contributed by atoms with Gasteiger partial charge in [0.2, 0.25) is 5.91 Å². The average molecular weight is 241 g/mol. The van der Waals surface area contributed by atoms with E-state index in [1.165, 1.54) is 0 Å². The minimum Gasteiger partial charge on any atom is -0.481 e. The molecule has 5 nitrogen and oxygen atoms in total. The fourth-order valence-corrected chi connectivity index (χ4v) is 2.35. The number of carbonyl (C=O) groups is 2. The molecule has 1 saturated heterocycles. The first-order valence-electron chi connectivity index (χ1n) is 6.02. The van der Waals surface area contributed by atoms with Crippen LogP contribution in [-0.2, 0) is 14.3 Å². The van der Waals surface area contributed by atoms with E-state index >= 15 is 0 Å². The van der Waals surface area contributed by atoms with Crippen molar-refractivity contribution >= 4 is 11.9 Å². The smallest absolute Gasteiger partial charge is 0.306 e. The van der Waals surface area contributed by atoms with Crippen molar-refractivity contribution in [3.63, 3.8) is 0 Å². The van der Waals surface area contributed by atoms with E-state index < -0.39 is 5.97 Å². The molecule has 2 unspecified atom stereocenters. The fourth-order valence-electron chi connectivity index (χ4n) is 2.35. The summed E-state index contributed by atoms with van der Waals surface area (Å²) in [5.41, 5.74) is 0.123. The second-order valence-corrected chi connectivity index (χ2v) is 5.62. The maximum Gasteiger partial charge on any atom is 0.306 e. The van der Waals surface area contributed by atoms with Gasteiger partial charge in [0.05, 0.1) is 19.1 Å². The number of carbonyl (C=O) groups excluding carboxylic acids is 1. The summed E-state index contributed by atoms with van der Waals surface area (Å²) in [6.07, 6.45) is 0.553. The van der Waals surface area contributed by atoms with Crippen molar-refractivity contribution in [3.05, 3.63) is 0 Å². The summed E-state index contributed by atoms with van der Waals surface area (Å²) >= 11 is 0. The van der Waals surface area contributed by atoms with Gasteiger partial charge in [-0.05, 0) is 11.8 Å². The molecule has 17 heavy (non-hydrogen) atoms. The molecule has 1 aliphatic heterocycles. The van der Waals surface area contributed by atoms with Gasteiger partial charge in [-0.1, -0.05) is 13.8 Å². The molecule has 0 spiro atoms. The lowest BCUT2D eigenvalue weighted by molar-refractivity contribution is -0.148. The zero-order chi connectivity index (χ0) is 12.6. The van der Waals surface area contributed by atoms with Crippen LogP contribution in [0.5, 0.6) is 0 Å². The van der Waals surface area contributed by atoms with Crippen LogP contribution < -0.4 is 0 Å². The Morgan fingerprint density at radius 1 is 1.47 bits per heavy atom. The molecule has 2 atom stereocenters. The molecule has 96 valence electrons. The zero-order valence-corrected chi connectivity index (χ0v) is 10.3. The van der Waals surface area contributed by atoms with E-state index in [2.05, 4.69) is 13.8 Å². The van der Waals surface area contributed by atoms with E-state index in [0.717, 1.165) is 6.42 Å². The number of carboxylic acids is 1. The summed E-state index contributed by atoms with van der Waals surface area (Å²) in [6.45, 7) is 5.62. The van der Waals surface area contributed by atoms with Crippen LogP contribution in [0.1, 0.15) is 26.7 Å². The number of amides is 1. The number of carboxylic acid groups (broad SMARTS) is 1. The van der Waals surface area contributed by atoms with Crippen molar-refractivity contribution in [2.75, 3.05) is 19.7 Å². The van der Waals surface area contributed by atoms with E-state index in [0.29, 0.717) is 19.7 Å². The highest BCUT2D eigenvalue weighted by Gasteiger charge is 2.52. The molecule has 2 rings (SSSR count). The molecule has 1 saturated carbocycles. The van der Waals surface area contributed by atoms with E-state index in [-0.39, 0.29) is 29.8 Å². The minimum absolute atomic E-state index is 0.0299. The monoisotopic (exact) mass is 241 g/mol. The standard InChI is InChI=1S/C12H19NO4/c1-12(2)6-9(12)11(16)13-3-4-17-8(7-13)5-10(14)15/h8-9H,3-7H2,1-2H3,(H,14,15). The van der Waals surface area contributed by atoms with Gasteiger partial charge in [0.15, 0.2) is 0 Å². The van der Waals surface area contributed by atoms with Gasteiger partial charge in [-0.3, -0.25) is 9.59 Å². The molecule has 1 heterocycles. The number of hydrogen-bond donors (Lipinski definition) is 1. The minimum atomic E-state index is -0.879. The van der Waals surface area contributed by atoms with Gasteiger partial charge in [-0.15, -0.1) is 0 Å². The van der Waals surface area contributed by atoms with E-state index in [9.17, 15) is 9.59 Å². The number of rotatable bonds is 3. The highest BCUT2D eigenvalue weighted by Crippen LogP contribution is 2.52. The van der Waals surface area contributed by atoms with Crippen molar-refractivity contribution in [2.24, 2.45) is 11.3 Å². The third kappa shape index (κ3) is 2.77. The first-order chi connectivity index (χ1) is 7.90. The van der Waals surface area contributed by atoms with Crippen LogP contribution in [-0.4, -0.2) is 47.7 Å². The largest absolute Gasteiger partial charge is 0.481 e. The van der Waals surface area contributed by atoms with Crippen molar-refractivity contribution < 1.29 is 19.4 Å². The van der Waals surface area contributed by atoms with Crippen molar-refractivity contribution in [1.82, 2.24) is 4.90 Å². The number of aliphatic carboxylic acids is 1. The van der Waals surface area contributed by atoms with E-state index in [1.807, 2.05) is 0 Å². The summed E-state index contributed by atoms with van der Waals surface area (Å²) < 4.78 is 5.35. The molecule has 5 heteroatoms. The first kappa shape index (κ1) is 12.4. The predicted octanol–water partition coefficient (Wildman–Crippen LogP) is 0.735. The number of morpholine rings is 1. The van der Waals surface area contributed by atoms with Gasteiger partial charge in [-0.2, -0.15) is 0 Å². The highest BCUT2D eigenvalue weighted by atomic mass is 16.5. The molecule has 0 aromatic carbocycles. The second kappa shape index (κ2) is 4.29. The summed E-state index contributed by atoms with van der Waals surface area (Å²) in [4.78, 5) is 24.5. The Balaban J connectivity index is 1.89. The molecule has 2 aliphatic rings. The zero-order valence-electron chi connectivity index (χ0n) is 10.3. The Hall–Kier alpha value is -1.10. The first-order valence-corrected chi connectivity index (χ1v) is 6.02. The van der Waals surface area contributed by atoms with Crippen molar-refractivity contribution in [1.29, 1.82) is 0 Å². The lowest BCUT2D eigenvalue weighted by Gasteiger charge is -2.32. The van der Waals surface area contributed by atoms with Crippen LogP contribution in [0.15, 0.2) is 0 Å². The lowest BCUT2D eigenvalue weighted by atomic mass is 10.1. The Bertz CT molecular complexity index is 339. The van der Waals surface area contributed by atoms with Gasteiger partial charge in [0.25, 0.3) is 0 Å². The number of nitrogens with zero attached hydrogens (tertiary/aromatic N) is 1. The van der Waals surface area contributed by atoms with Crippen LogP contribution in [0.25, 0.3) is 0 Å². The van der Waals surface area contributed by atoms with Gasteiger partial charge in [0.1, 0.15) is 0 Å². The van der Waals surface area contributed by atoms with Gasteiger partial charge < -0.3 is 14.7 Å². The van der Waals surface area contributed by atoms with Crippen LogP contribution in [0.2, 0.25) is 0 Å². The molecule has 0 aromatic rings. The van der Waals surface area contributed by atoms with Crippen molar-refractivity contribution in [2.45, 2.75) is 32.8 Å². The molecular formula is C12H19NO4. The summed E-state index contributed by atoms with van der Waals surface area (Å²) in [5.74, 6) is -0.601. The molecule has 0 bridgehead atoms. The Labute approximate surface area is 101 Å². The maximum absolute atomic E-state index is 12.1. The SMILES string of the molecule is CC1(C)CC1C(=O)N1CCOC(CC(=O)O)C1. The lowest BCUT2D eigenvalue weighted by Crippen LogP contribution is -2.47. The quantitative estimate of drug-likeness (QED) is 0.791. The van der Waals surface area contributed by atoms with Crippen LogP contribution in [0.4, 0.5) is 0 Å². The molecule has 1 aliphatic carbocycles. The normalized spacial score (nSPS) is 31.1. The topological polar surface area (TPSA) is 66.8 Å². The Morgan fingerprint density at radius 3 is 2.65 bits per heavy atom. The molecule has 0 radical (unpaired) electrons. The molecule has 1 N–H and O–H groups in total. The maximum atomic E-state index is 12.1. The molecule has 1 amide bonds. The van der Waals surface area contributed by atoms with E-state index in [1.54, 1.807) is 4.90 Å². The summed E-state index contributed by atoms with van der Waals surface area (Å²) in [6, 6.07) is 0. The molecule has 2 fully saturated rings. The van der Waals surface area contributed by atoms with Crippen LogP contribution in [0.3, 0.4) is 0 Å². The van der Waals surface area contributed by atoms with E-state index in [4.69, 9.17) is 9.84 Å². The number of hydrogen-bond acceptors (Lipinski definition) is 3. The molecule has 0 aromatic heterocycles. The predicted molar refractivity (Wildman–Crippen MR) is 60.5 cm³/mol. The Morgan fingerprint density at radius 2 is 2.12 bits per heavy atom. The summed E-state index contributed by atoms with van der Waals surface area (Å²) in [7, 11) is 0. The van der Waals surface area contributed by atoms with Crippen LogP contribution >= 0.6 is 0 Å². The average Bonchev–Trinajstić information content (AvgIpc) is 2.86.